The van der Waals surface area contributed by atoms with Crippen molar-refractivity contribution in [1.29, 1.82) is 0 Å². The smallest absolute Gasteiger partial charge is 0.264 e. The topological polar surface area (TPSA) is 79.4 Å². The van der Waals surface area contributed by atoms with Gasteiger partial charge in [0.05, 0.1) is 22.5 Å². The SMILES string of the molecule is O=C(CN(c1ccccc1)S(=O)(=O)c1ccc(F)cc1)Nc1cccnc1. The van der Waals surface area contributed by atoms with Crippen molar-refractivity contribution in [2.75, 3.05) is 16.2 Å². The normalized spacial score (nSPS) is 11.0. The van der Waals surface area contributed by atoms with Crippen LogP contribution in [0.3, 0.4) is 0 Å². The van der Waals surface area contributed by atoms with Gasteiger partial charge in [0.15, 0.2) is 0 Å². The molecular formula is C19H16FN3O3S. The number of rotatable bonds is 6. The summed E-state index contributed by atoms with van der Waals surface area (Å²) in [7, 11) is -4.07. The van der Waals surface area contributed by atoms with Crippen molar-refractivity contribution >= 4 is 27.3 Å². The predicted octanol–water partition coefficient (Wildman–Crippen LogP) is 3.05. The zero-order chi connectivity index (χ0) is 19.3. The van der Waals surface area contributed by atoms with Crippen LogP contribution in [0.2, 0.25) is 0 Å². The molecule has 1 amide bonds. The van der Waals surface area contributed by atoms with Gasteiger partial charge in [-0.15, -0.1) is 0 Å². The van der Waals surface area contributed by atoms with Crippen LogP contribution in [0.25, 0.3) is 0 Å². The second-order valence-electron chi connectivity index (χ2n) is 5.59. The molecule has 0 bridgehead atoms. The number of carbonyl (C=O) groups is 1. The van der Waals surface area contributed by atoms with E-state index in [1.807, 2.05) is 0 Å². The number of aromatic nitrogens is 1. The van der Waals surface area contributed by atoms with E-state index in [4.69, 9.17) is 0 Å². The number of hydrogen-bond acceptors (Lipinski definition) is 4. The minimum Gasteiger partial charge on any atom is -0.323 e. The van der Waals surface area contributed by atoms with Crippen molar-refractivity contribution < 1.29 is 17.6 Å². The van der Waals surface area contributed by atoms with Crippen molar-refractivity contribution in [1.82, 2.24) is 4.98 Å². The van der Waals surface area contributed by atoms with Gasteiger partial charge in [-0.2, -0.15) is 0 Å². The third kappa shape index (κ3) is 4.48. The van der Waals surface area contributed by atoms with Gasteiger partial charge < -0.3 is 5.32 Å². The highest BCUT2D eigenvalue weighted by Gasteiger charge is 2.27. The van der Waals surface area contributed by atoms with Gasteiger partial charge in [0.1, 0.15) is 12.4 Å². The predicted molar refractivity (Wildman–Crippen MR) is 100 cm³/mol. The lowest BCUT2D eigenvalue weighted by molar-refractivity contribution is -0.114. The lowest BCUT2D eigenvalue weighted by Gasteiger charge is -2.24. The number of carbonyl (C=O) groups excluding carboxylic acids is 1. The van der Waals surface area contributed by atoms with E-state index in [2.05, 4.69) is 10.3 Å². The Morgan fingerprint density at radius 3 is 2.33 bits per heavy atom. The number of nitrogens with one attached hydrogen (secondary N) is 1. The number of para-hydroxylation sites is 1. The number of amides is 1. The molecule has 0 fully saturated rings. The number of benzene rings is 2. The van der Waals surface area contributed by atoms with Crippen LogP contribution in [0.1, 0.15) is 0 Å². The van der Waals surface area contributed by atoms with Gasteiger partial charge >= 0.3 is 0 Å². The first-order valence-electron chi connectivity index (χ1n) is 8.00. The number of halogens is 1. The van der Waals surface area contributed by atoms with Gasteiger partial charge in [0.2, 0.25) is 5.91 Å². The number of anilines is 2. The highest BCUT2D eigenvalue weighted by Crippen LogP contribution is 2.23. The molecule has 1 heterocycles. The van der Waals surface area contributed by atoms with E-state index in [0.717, 1.165) is 16.4 Å². The van der Waals surface area contributed by atoms with E-state index < -0.39 is 28.3 Å². The summed E-state index contributed by atoms with van der Waals surface area (Å²) in [6.07, 6.45) is 3.02. The Hall–Kier alpha value is -3.26. The lowest BCUT2D eigenvalue weighted by atomic mass is 10.3. The van der Waals surface area contributed by atoms with Crippen molar-refractivity contribution in [2.24, 2.45) is 0 Å². The second-order valence-corrected chi connectivity index (χ2v) is 7.45. The standard InChI is InChI=1S/C19H16FN3O3S/c20-15-8-10-18(11-9-15)27(25,26)23(17-6-2-1-3-7-17)14-19(24)22-16-5-4-12-21-13-16/h1-13H,14H2,(H,22,24). The van der Waals surface area contributed by atoms with Crippen molar-refractivity contribution in [3.63, 3.8) is 0 Å². The third-order valence-corrected chi connectivity index (χ3v) is 5.47. The van der Waals surface area contributed by atoms with Crippen LogP contribution in [-0.4, -0.2) is 25.9 Å². The van der Waals surface area contributed by atoms with E-state index in [1.165, 1.54) is 18.3 Å². The van der Waals surface area contributed by atoms with Crippen LogP contribution in [0.5, 0.6) is 0 Å². The van der Waals surface area contributed by atoms with E-state index in [-0.39, 0.29) is 4.90 Å². The number of nitrogens with zero attached hydrogens (tertiary/aromatic N) is 2. The summed E-state index contributed by atoms with van der Waals surface area (Å²) < 4.78 is 40.2. The van der Waals surface area contributed by atoms with Crippen LogP contribution in [0.15, 0.2) is 84.0 Å². The van der Waals surface area contributed by atoms with Gasteiger partial charge in [-0.25, -0.2) is 12.8 Å². The average Bonchev–Trinajstić information content (AvgIpc) is 2.68. The summed E-state index contributed by atoms with van der Waals surface area (Å²) in [6, 6.07) is 16.0. The molecule has 0 saturated carbocycles. The molecule has 0 atom stereocenters. The Bertz CT molecular complexity index is 1010. The summed E-state index contributed by atoms with van der Waals surface area (Å²) in [5.74, 6) is -1.08. The van der Waals surface area contributed by atoms with Crippen LogP contribution < -0.4 is 9.62 Å². The number of sulfonamides is 1. The first-order chi connectivity index (χ1) is 13.0. The Kier molecular flexibility index (Phi) is 5.46. The Balaban J connectivity index is 1.92. The average molecular weight is 385 g/mol. The molecule has 0 aliphatic heterocycles. The summed E-state index contributed by atoms with van der Waals surface area (Å²) in [4.78, 5) is 16.2. The van der Waals surface area contributed by atoms with Crippen molar-refractivity contribution in [3.8, 4) is 0 Å². The fraction of sp³-hybridized carbons (Fsp3) is 0.0526. The molecule has 3 rings (SSSR count). The molecule has 27 heavy (non-hydrogen) atoms. The number of pyridine rings is 1. The summed E-state index contributed by atoms with van der Waals surface area (Å²) in [6.45, 7) is -0.446. The van der Waals surface area contributed by atoms with E-state index in [9.17, 15) is 17.6 Å². The van der Waals surface area contributed by atoms with Gasteiger partial charge in [-0.1, -0.05) is 18.2 Å². The molecule has 1 N–H and O–H groups in total. The molecule has 0 saturated heterocycles. The fourth-order valence-electron chi connectivity index (χ4n) is 2.41. The molecule has 0 aliphatic rings. The molecule has 2 aromatic carbocycles. The zero-order valence-corrected chi connectivity index (χ0v) is 14.9. The van der Waals surface area contributed by atoms with Gasteiger partial charge in [-0.05, 0) is 48.5 Å². The third-order valence-electron chi connectivity index (χ3n) is 3.68. The van der Waals surface area contributed by atoms with E-state index in [1.54, 1.807) is 48.7 Å². The molecule has 8 heteroatoms. The first kappa shape index (κ1) is 18.5. The fourth-order valence-corrected chi connectivity index (χ4v) is 3.83. The first-order valence-corrected chi connectivity index (χ1v) is 9.44. The molecule has 0 spiro atoms. The van der Waals surface area contributed by atoms with Gasteiger partial charge in [-0.3, -0.25) is 14.1 Å². The lowest BCUT2D eigenvalue weighted by Crippen LogP contribution is -2.38. The molecule has 0 unspecified atom stereocenters. The molecule has 138 valence electrons. The maximum Gasteiger partial charge on any atom is 0.264 e. The highest BCUT2D eigenvalue weighted by molar-refractivity contribution is 7.92. The molecule has 6 nitrogen and oxygen atoms in total. The largest absolute Gasteiger partial charge is 0.323 e. The van der Waals surface area contributed by atoms with Gasteiger partial charge in [0.25, 0.3) is 10.0 Å². The van der Waals surface area contributed by atoms with Crippen LogP contribution in [0, 0.1) is 5.82 Å². The molecule has 0 aliphatic carbocycles. The van der Waals surface area contributed by atoms with E-state index in [0.29, 0.717) is 11.4 Å². The molecule has 1 aromatic heterocycles. The molecular weight excluding hydrogens is 369 g/mol. The van der Waals surface area contributed by atoms with Gasteiger partial charge in [0, 0.05) is 6.20 Å². The van der Waals surface area contributed by atoms with E-state index >= 15 is 0 Å². The van der Waals surface area contributed by atoms with Crippen LogP contribution >= 0.6 is 0 Å². The van der Waals surface area contributed by atoms with Crippen molar-refractivity contribution in [3.05, 3.63) is 84.9 Å². The second kappa shape index (κ2) is 7.96. The minimum absolute atomic E-state index is 0.109. The molecule has 3 aromatic rings. The Morgan fingerprint density at radius 2 is 1.70 bits per heavy atom. The Morgan fingerprint density at radius 1 is 1.00 bits per heavy atom. The Labute approximate surface area is 156 Å². The summed E-state index contributed by atoms with van der Waals surface area (Å²) in [5.41, 5.74) is 0.776. The maximum absolute atomic E-state index is 13.2. The van der Waals surface area contributed by atoms with Crippen molar-refractivity contribution in [2.45, 2.75) is 4.90 Å². The summed E-state index contributed by atoms with van der Waals surface area (Å²) in [5, 5.41) is 2.61. The summed E-state index contributed by atoms with van der Waals surface area (Å²) >= 11 is 0. The maximum atomic E-state index is 13.2. The highest BCUT2D eigenvalue weighted by atomic mass is 32.2. The number of hydrogen-bond donors (Lipinski definition) is 1. The quantitative estimate of drug-likeness (QED) is 0.707. The minimum atomic E-state index is -4.07. The zero-order valence-electron chi connectivity index (χ0n) is 14.1. The molecule has 0 radical (unpaired) electrons. The van der Waals surface area contributed by atoms with Crippen LogP contribution in [-0.2, 0) is 14.8 Å². The van der Waals surface area contributed by atoms with Crippen LogP contribution in [0.4, 0.5) is 15.8 Å². The monoisotopic (exact) mass is 385 g/mol.